The van der Waals surface area contributed by atoms with Gasteiger partial charge in [0.15, 0.2) is 0 Å². The van der Waals surface area contributed by atoms with Crippen LogP contribution in [0.4, 0.5) is 0 Å². The van der Waals surface area contributed by atoms with Crippen LogP contribution < -0.4 is 5.56 Å². The predicted octanol–water partition coefficient (Wildman–Crippen LogP) is 1.26. The molecule has 12 heavy (non-hydrogen) atoms. The fourth-order valence-corrected chi connectivity index (χ4v) is 1.22. The third-order valence-electron chi connectivity index (χ3n) is 2.38. The lowest BCUT2D eigenvalue weighted by Crippen LogP contribution is -2.15. The predicted molar refractivity (Wildman–Crippen MR) is 46.3 cm³/mol. The Bertz CT molecular complexity index is 363. The van der Waals surface area contributed by atoms with Gasteiger partial charge in [-0.25, -0.2) is 4.98 Å². The fourth-order valence-electron chi connectivity index (χ4n) is 1.22. The van der Waals surface area contributed by atoms with Crippen LogP contribution in [0.2, 0.25) is 0 Å². The van der Waals surface area contributed by atoms with Crippen molar-refractivity contribution in [3.8, 4) is 0 Å². The van der Waals surface area contributed by atoms with Crippen molar-refractivity contribution < 1.29 is 0 Å². The Balaban J connectivity index is 2.53. The summed E-state index contributed by atoms with van der Waals surface area (Å²) in [5, 5.41) is 0. The number of nitrogens with one attached hydrogen (secondary N) is 1. The lowest BCUT2D eigenvalue weighted by atomic mass is 10.2. The summed E-state index contributed by atoms with van der Waals surface area (Å²) in [5.74, 6) is 1.40. The molecule has 3 heteroatoms. The van der Waals surface area contributed by atoms with E-state index in [2.05, 4.69) is 9.97 Å². The van der Waals surface area contributed by atoms with Gasteiger partial charge in [0.05, 0.1) is 0 Å². The summed E-state index contributed by atoms with van der Waals surface area (Å²) in [7, 11) is 0. The molecule has 0 amide bonds. The molecule has 2 rings (SSSR count). The fraction of sp³-hybridized carbons (Fsp3) is 0.556. The third-order valence-corrected chi connectivity index (χ3v) is 2.38. The van der Waals surface area contributed by atoms with Crippen LogP contribution in [0.5, 0.6) is 0 Å². The van der Waals surface area contributed by atoms with Gasteiger partial charge in [-0.1, -0.05) is 0 Å². The maximum Gasteiger partial charge on any atom is 0.254 e. The summed E-state index contributed by atoms with van der Waals surface area (Å²) in [6, 6.07) is 0. The Hall–Kier alpha value is -1.12. The maximum atomic E-state index is 11.3. The summed E-state index contributed by atoms with van der Waals surface area (Å²) in [6.45, 7) is 3.69. The molecule has 1 fully saturated rings. The van der Waals surface area contributed by atoms with Crippen molar-refractivity contribution >= 4 is 0 Å². The van der Waals surface area contributed by atoms with E-state index < -0.39 is 0 Å². The second-order valence-corrected chi connectivity index (χ2v) is 3.44. The molecular weight excluding hydrogens is 152 g/mol. The highest BCUT2D eigenvalue weighted by molar-refractivity contribution is 5.17. The largest absolute Gasteiger partial charge is 0.310 e. The molecular formula is C9H12N2O. The van der Waals surface area contributed by atoms with Gasteiger partial charge in [0.2, 0.25) is 0 Å². The van der Waals surface area contributed by atoms with E-state index in [9.17, 15) is 4.79 Å². The molecule has 0 radical (unpaired) electrons. The number of nitrogens with zero attached hydrogens (tertiary/aromatic N) is 1. The Morgan fingerprint density at radius 2 is 2.08 bits per heavy atom. The van der Waals surface area contributed by atoms with Gasteiger partial charge in [0.25, 0.3) is 5.56 Å². The van der Waals surface area contributed by atoms with Crippen molar-refractivity contribution in [2.45, 2.75) is 32.6 Å². The molecule has 64 valence electrons. The van der Waals surface area contributed by atoms with Crippen molar-refractivity contribution in [1.29, 1.82) is 0 Å². The van der Waals surface area contributed by atoms with E-state index in [1.165, 1.54) is 12.8 Å². The summed E-state index contributed by atoms with van der Waals surface area (Å²) < 4.78 is 0. The van der Waals surface area contributed by atoms with Crippen LogP contribution in [0.25, 0.3) is 0 Å². The van der Waals surface area contributed by atoms with E-state index in [-0.39, 0.29) is 5.56 Å². The van der Waals surface area contributed by atoms with Crippen molar-refractivity contribution in [2.24, 2.45) is 0 Å². The molecule has 1 aromatic rings. The number of H-pyrrole nitrogens is 1. The minimum atomic E-state index is 0.0180. The summed E-state index contributed by atoms with van der Waals surface area (Å²) in [5.41, 5.74) is 1.62. The normalized spacial score (nSPS) is 16.5. The maximum absolute atomic E-state index is 11.3. The van der Waals surface area contributed by atoms with Crippen LogP contribution in [-0.4, -0.2) is 9.97 Å². The standard InChI is InChI=1S/C9H12N2O/c1-5-6(2)10-8(7-3-4-7)11-9(5)12/h7H,3-4H2,1-2H3,(H,10,11,12). The molecule has 1 heterocycles. The topological polar surface area (TPSA) is 45.8 Å². The lowest BCUT2D eigenvalue weighted by Gasteiger charge is -2.01. The van der Waals surface area contributed by atoms with Crippen molar-refractivity contribution in [2.75, 3.05) is 0 Å². The van der Waals surface area contributed by atoms with Crippen LogP contribution in [0.1, 0.15) is 35.8 Å². The zero-order chi connectivity index (χ0) is 8.72. The quantitative estimate of drug-likeness (QED) is 0.679. The van der Waals surface area contributed by atoms with Crippen LogP contribution >= 0.6 is 0 Å². The number of aromatic amines is 1. The molecule has 0 atom stereocenters. The highest BCUT2D eigenvalue weighted by Crippen LogP contribution is 2.37. The summed E-state index contributed by atoms with van der Waals surface area (Å²) >= 11 is 0. The van der Waals surface area contributed by atoms with Crippen LogP contribution in [0, 0.1) is 13.8 Å². The highest BCUT2D eigenvalue weighted by atomic mass is 16.1. The molecule has 1 aliphatic carbocycles. The third kappa shape index (κ3) is 1.15. The van der Waals surface area contributed by atoms with Gasteiger partial charge in [-0.15, -0.1) is 0 Å². The van der Waals surface area contributed by atoms with E-state index in [0.29, 0.717) is 5.92 Å². The Morgan fingerprint density at radius 3 is 2.58 bits per heavy atom. The van der Waals surface area contributed by atoms with E-state index in [1.807, 2.05) is 6.92 Å². The molecule has 1 aromatic heterocycles. The SMILES string of the molecule is Cc1nc(C2CC2)[nH]c(=O)c1C. The number of aromatic nitrogens is 2. The van der Waals surface area contributed by atoms with Gasteiger partial charge in [-0.3, -0.25) is 4.79 Å². The lowest BCUT2D eigenvalue weighted by molar-refractivity contribution is 0.873. The first kappa shape index (κ1) is 7.53. The highest BCUT2D eigenvalue weighted by Gasteiger charge is 2.26. The van der Waals surface area contributed by atoms with E-state index >= 15 is 0 Å². The minimum Gasteiger partial charge on any atom is -0.310 e. The van der Waals surface area contributed by atoms with Gasteiger partial charge in [-0.05, 0) is 26.7 Å². The molecule has 0 unspecified atom stereocenters. The van der Waals surface area contributed by atoms with Gasteiger partial charge in [0.1, 0.15) is 5.82 Å². The van der Waals surface area contributed by atoms with Crippen molar-refractivity contribution in [3.63, 3.8) is 0 Å². The van der Waals surface area contributed by atoms with E-state index in [1.54, 1.807) is 6.92 Å². The zero-order valence-corrected chi connectivity index (χ0v) is 7.35. The van der Waals surface area contributed by atoms with Gasteiger partial charge < -0.3 is 4.98 Å². The van der Waals surface area contributed by atoms with E-state index in [4.69, 9.17) is 0 Å². The first-order chi connectivity index (χ1) is 5.68. The molecule has 1 saturated carbocycles. The van der Waals surface area contributed by atoms with Crippen LogP contribution in [-0.2, 0) is 0 Å². The van der Waals surface area contributed by atoms with Crippen molar-refractivity contribution in [1.82, 2.24) is 9.97 Å². The molecule has 0 spiro atoms. The second kappa shape index (κ2) is 2.44. The molecule has 3 nitrogen and oxygen atoms in total. The number of hydrogen-bond donors (Lipinski definition) is 1. The molecule has 0 bridgehead atoms. The second-order valence-electron chi connectivity index (χ2n) is 3.44. The van der Waals surface area contributed by atoms with Crippen LogP contribution in [0.15, 0.2) is 4.79 Å². The average Bonchev–Trinajstić information content (AvgIpc) is 2.81. The molecule has 0 aromatic carbocycles. The van der Waals surface area contributed by atoms with Gasteiger partial charge in [0, 0.05) is 17.2 Å². The van der Waals surface area contributed by atoms with Crippen LogP contribution in [0.3, 0.4) is 0 Å². The number of aryl methyl sites for hydroxylation is 1. The van der Waals surface area contributed by atoms with Crippen molar-refractivity contribution in [3.05, 3.63) is 27.4 Å². The monoisotopic (exact) mass is 164 g/mol. The average molecular weight is 164 g/mol. The van der Waals surface area contributed by atoms with E-state index in [0.717, 1.165) is 17.1 Å². The summed E-state index contributed by atoms with van der Waals surface area (Å²) in [6.07, 6.45) is 2.34. The number of hydrogen-bond acceptors (Lipinski definition) is 2. The Morgan fingerprint density at radius 1 is 1.42 bits per heavy atom. The summed E-state index contributed by atoms with van der Waals surface area (Å²) in [4.78, 5) is 18.4. The smallest absolute Gasteiger partial charge is 0.254 e. The first-order valence-corrected chi connectivity index (χ1v) is 4.26. The molecule has 1 aliphatic rings. The number of rotatable bonds is 1. The molecule has 1 N–H and O–H groups in total. The van der Waals surface area contributed by atoms with Gasteiger partial charge >= 0.3 is 0 Å². The first-order valence-electron chi connectivity index (χ1n) is 4.26. The Labute approximate surface area is 70.9 Å². The Kier molecular flexibility index (Phi) is 1.53. The zero-order valence-electron chi connectivity index (χ0n) is 7.35. The molecule has 0 saturated heterocycles. The molecule has 0 aliphatic heterocycles. The minimum absolute atomic E-state index is 0.0180. The van der Waals surface area contributed by atoms with Gasteiger partial charge in [-0.2, -0.15) is 0 Å².